The average molecular weight is 299 g/mol. The van der Waals surface area contributed by atoms with Gasteiger partial charge in [-0.3, -0.25) is 9.69 Å². The fraction of sp³-hybridized carbons (Fsp3) is 0.556. The second kappa shape index (κ2) is 6.61. The number of carbonyl (C=O) groups is 1. The highest BCUT2D eigenvalue weighted by Gasteiger charge is 2.30. The molecule has 1 saturated heterocycles. The minimum absolute atomic E-state index is 0.0633. The zero-order valence-corrected chi connectivity index (χ0v) is 13.5. The SMILES string of the molecule is CC1CC(C)CN(CC(=O)N2N=CCC2c2ccccc2)C1. The first kappa shape index (κ1) is 15.2. The maximum absolute atomic E-state index is 12.7. The van der Waals surface area contributed by atoms with Gasteiger partial charge in [-0.25, -0.2) is 5.01 Å². The summed E-state index contributed by atoms with van der Waals surface area (Å²) in [6.07, 6.45) is 3.93. The molecule has 0 N–H and O–H groups in total. The van der Waals surface area contributed by atoms with Crippen LogP contribution in [0.4, 0.5) is 0 Å². The average Bonchev–Trinajstić information content (AvgIpc) is 2.96. The third kappa shape index (κ3) is 3.38. The highest BCUT2D eigenvalue weighted by molar-refractivity contribution is 5.81. The fourth-order valence-corrected chi connectivity index (χ4v) is 3.79. The van der Waals surface area contributed by atoms with Crippen LogP contribution in [0.3, 0.4) is 0 Å². The molecule has 1 aromatic rings. The summed E-state index contributed by atoms with van der Waals surface area (Å²) in [7, 11) is 0. The molecule has 3 atom stereocenters. The van der Waals surface area contributed by atoms with Gasteiger partial charge in [-0.05, 0) is 23.8 Å². The van der Waals surface area contributed by atoms with Crippen LogP contribution in [0.15, 0.2) is 35.4 Å². The van der Waals surface area contributed by atoms with Crippen LogP contribution in [-0.2, 0) is 4.79 Å². The molecule has 0 aromatic heterocycles. The number of amides is 1. The molecule has 0 aliphatic carbocycles. The van der Waals surface area contributed by atoms with Crippen molar-refractivity contribution < 1.29 is 4.79 Å². The molecular formula is C18H25N3O. The smallest absolute Gasteiger partial charge is 0.257 e. The van der Waals surface area contributed by atoms with Crippen molar-refractivity contribution in [3.63, 3.8) is 0 Å². The lowest BCUT2D eigenvalue weighted by Crippen LogP contribution is -2.44. The van der Waals surface area contributed by atoms with E-state index in [1.54, 1.807) is 5.01 Å². The molecular weight excluding hydrogens is 274 g/mol. The van der Waals surface area contributed by atoms with E-state index in [4.69, 9.17) is 0 Å². The summed E-state index contributed by atoms with van der Waals surface area (Å²) in [5, 5.41) is 6.01. The van der Waals surface area contributed by atoms with Crippen LogP contribution in [0.25, 0.3) is 0 Å². The molecule has 2 heterocycles. The second-order valence-corrected chi connectivity index (χ2v) is 6.84. The van der Waals surface area contributed by atoms with Crippen LogP contribution >= 0.6 is 0 Å². The number of benzene rings is 1. The molecule has 0 bridgehead atoms. The van der Waals surface area contributed by atoms with Crippen LogP contribution in [0.2, 0.25) is 0 Å². The van der Waals surface area contributed by atoms with Gasteiger partial charge in [0, 0.05) is 25.7 Å². The highest BCUT2D eigenvalue weighted by atomic mass is 16.2. The summed E-state index contributed by atoms with van der Waals surface area (Å²) in [5.74, 6) is 1.45. The van der Waals surface area contributed by atoms with Gasteiger partial charge in [0.2, 0.25) is 0 Å². The van der Waals surface area contributed by atoms with Gasteiger partial charge in [0.1, 0.15) is 0 Å². The zero-order chi connectivity index (χ0) is 15.5. The number of nitrogens with zero attached hydrogens (tertiary/aromatic N) is 3. The Hall–Kier alpha value is -1.68. The van der Waals surface area contributed by atoms with Crippen molar-refractivity contribution in [1.29, 1.82) is 0 Å². The maximum atomic E-state index is 12.7. The fourth-order valence-electron chi connectivity index (χ4n) is 3.79. The monoisotopic (exact) mass is 299 g/mol. The number of hydrogen-bond acceptors (Lipinski definition) is 3. The number of likely N-dealkylation sites (tertiary alicyclic amines) is 1. The van der Waals surface area contributed by atoms with Crippen molar-refractivity contribution in [3.8, 4) is 0 Å². The summed E-state index contributed by atoms with van der Waals surface area (Å²) in [5.41, 5.74) is 1.16. The molecule has 4 nitrogen and oxygen atoms in total. The van der Waals surface area contributed by atoms with Gasteiger partial charge < -0.3 is 0 Å². The predicted molar refractivity (Wildman–Crippen MR) is 88.5 cm³/mol. The molecule has 1 amide bonds. The Morgan fingerprint density at radius 3 is 2.55 bits per heavy atom. The molecule has 0 radical (unpaired) electrons. The normalized spacial score (nSPS) is 29.0. The van der Waals surface area contributed by atoms with Crippen molar-refractivity contribution in [2.24, 2.45) is 16.9 Å². The van der Waals surface area contributed by atoms with Gasteiger partial charge in [-0.1, -0.05) is 44.2 Å². The van der Waals surface area contributed by atoms with Gasteiger partial charge in [-0.2, -0.15) is 5.10 Å². The van der Waals surface area contributed by atoms with Gasteiger partial charge in [-0.15, -0.1) is 0 Å². The lowest BCUT2D eigenvalue weighted by atomic mass is 9.92. The Morgan fingerprint density at radius 1 is 1.18 bits per heavy atom. The number of piperidine rings is 1. The Kier molecular flexibility index (Phi) is 4.57. The van der Waals surface area contributed by atoms with E-state index in [2.05, 4.69) is 36.0 Å². The van der Waals surface area contributed by atoms with E-state index in [0.717, 1.165) is 25.1 Å². The number of rotatable bonds is 3. The third-order valence-electron chi connectivity index (χ3n) is 4.57. The molecule has 2 aliphatic rings. The summed E-state index contributed by atoms with van der Waals surface area (Å²) < 4.78 is 0. The Balaban J connectivity index is 1.65. The number of hydrogen-bond donors (Lipinski definition) is 0. The first-order chi connectivity index (χ1) is 10.6. The Morgan fingerprint density at radius 2 is 1.86 bits per heavy atom. The van der Waals surface area contributed by atoms with E-state index < -0.39 is 0 Å². The molecule has 3 unspecified atom stereocenters. The molecule has 4 heteroatoms. The summed E-state index contributed by atoms with van der Waals surface area (Å²) >= 11 is 0. The molecule has 118 valence electrons. The maximum Gasteiger partial charge on any atom is 0.257 e. The van der Waals surface area contributed by atoms with Crippen LogP contribution in [0, 0.1) is 11.8 Å². The first-order valence-electron chi connectivity index (χ1n) is 8.25. The van der Waals surface area contributed by atoms with E-state index in [1.165, 1.54) is 6.42 Å². The quantitative estimate of drug-likeness (QED) is 0.860. The standard InChI is InChI=1S/C18H25N3O/c1-14-10-15(2)12-20(11-14)13-18(22)21-17(8-9-19-21)16-6-4-3-5-7-16/h3-7,9,14-15,17H,8,10-13H2,1-2H3. The van der Waals surface area contributed by atoms with Crippen molar-refractivity contribution in [1.82, 2.24) is 9.91 Å². The van der Waals surface area contributed by atoms with Gasteiger partial charge in [0.15, 0.2) is 0 Å². The second-order valence-electron chi connectivity index (χ2n) is 6.84. The predicted octanol–water partition coefficient (Wildman–Crippen LogP) is 2.92. The van der Waals surface area contributed by atoms with Gasteiger partial charge >= 0.3 is 0 Å². The number of hydrazone groups is 1. The molecule has 0 saturated carbocycles. The largest absolute Gasteiger partial charge is 0.294 e. The minimum Gasteiger partial charge on any atom is -0.294 e. The van der Waals surface area contributed by atoms with E-state index in [9.17, 15) is 4.79 Å². The van der Waals surface area contributed by atoms with Crippen LogP contribution in [0.1, 0.15) is 38.3 Å². The molecule has 22 heavy (non-hydrogen) atoms. The van der Waals surface area contributed by atoms with E-state index >= 15 is 0 Å². The Labute approximate surface area is 132 Å². The molecule has 2 aliphatic heterocycles. The van der Waals surface area contributed by atoms with Gasteiger partial charge in [0.05, 0.1) is 12.6 Å². The van der Waals surface area contributed by atoms with Gasteiger partial charge in [0.25, 0.3) is 5.91 Å². The van der Waals surface area contributed by atoms with E-state index in [-0.39, 0.29) is 11.9 Å². The summed E-state index contributed by atoms with van der Waals surface area (Å²) in [4.78, 5) is 15.0. The van der Waals surface area contributed by atoms with Crippen LogP contribution in [-0.4, -0.2) is 41.7 Å². The van der Waals surface area contributed by atoms with Crippen molar-refractivity contribution in [2.45, 2.75) is 32.7 Å². The topological polar surface area (TPSA) is 35.9 Å². The Bertz CT molecular complexity index is 533. The third-order valence-corrected chi connectivity index (χ3v) is 4.57. The first-order valence-corrected chi connectivity index (χ1v) is 8.25. The minimum atomic E-state index is 0.0633. The number of carbonyl (C=O) groups excluding carboxylic acids is 1. The molecule has 3 rings (SSSR count). The summed E-state index contributed by atoms with van der Waals surface area (Å²) in [6, 6.07) is 10.2. The lowest BCUT2D eigenvalue weighted by Gasteiger charge is -2.35. The lowest BCUT2D eigenvalue weighted by molar-refractivity contribution is -0.134. The van der Waals surface area contributed by atoms with Crippen molar-refractivity contribution in [2.75, 3.05) is 19.6 Å². The van der Waals surface area contributed by atoms with Crippen LogP contribution < -0.4 is 0 Å². The van der Waals surface area contributed by atoms with Crippen LogP contribution in [0.5, 0.6) is 0 Å². The zero-order valence-electron chi connectivity index (χ0n) is 13.5. The molecule has 0 spiro atoms. The van der Waals surface area contributed by atoms with E-state index in [1.807, 2.05) is 24.4 Å². The van der Waals surface area contributed by atoms with E-state index in [0.29, 0.717) is 18.4 Å². The van der Waals surface area contributed by atoms with Crippen molar-refractivity contribution in [3.05, 3.63) is 35.9 Å². The molecule has 1 aromatic carbocycles. The van der Waals surface area contributed by atoms with Crippen molar-refractivity contribution >= 4 is 12.1 Å². The molecule has 1 fully saturated rings. The highest BCUT2D eigenvalue weighted by Crippen LogP contribution is 2.28. The summed E-state index contributed by atoms with van der Waals surface area (Å²) in [6.45, 7) is 7.06.